The number of anilines is 1. The van der Waals surface area contributed by atoms with E-state index in [2.05, 4.69) is 10.4 Å². The third-order valence-corrected chi connectivity index (χ3v) is 4.31. The molecular formula is C19H18N4O5S. The third-order valence-electron chi connectivity index (χ3n) is 4.01. The molecule has 0 saturated carbocycles. The minimum atomic E-state index is -0.501. The van der Waals surface area contributed by atoms with E-state index in [9.17, 15) is 14.9 Å². The Kier molecular flexibility index (Phi) is 6.03. The molecule has 29 heavy (non-hydrogen) atoms. The van der Waals surface area contributed by atoms with Crippen LogP contribution in [0.3, 0.4) is 0 Å². The molecule has 0 radical (unpaired) electrons. The van der Waals surface area contributed by atoms with Crippen molar-refractivity contribution in [3.8, 4) is 5.75 Å². The zero-order chi connectivity index (χ0) is 21.0. The molecule has 3 aromatic rings. The first kappa shape index (κ1) is 20.2. The molecular weight excluding hydrogens is 396 g/mol. The molecule has 0 spiro atoms. The van der Waals surface area contributed by atoms with E-state index < -0.39 is 10.8 Å². The minimum absolute atomic E-state index is 0.0255. The van der Waals surface area contributed by atoms with Crippen molar-refractivity contribution in [1.29, 1.82) is 0 Å². The maximum absolute atomic E-state index is 12.3. The Morgan fingerprint density at radius 2 is 2.00 bits per heavy atom. The number of benzene rings is 2. The first-order chi connectivity index (χ1) is 13.8. The molecule has 0 fully saturated rings. The predicted octanol–water partition coefficient (Wildman–Crippen LogP) is 3.95. The second-order valence-corrected chi connectivity index (χ2v) is 6.68. The highest BCUT2D eigenvalue weighted by molar-refractivity contribution is 7.71. The van der Waals surface area contributed by atoms with Gasteiger partial charge in [-0.3, -0.25) is 14.9 Å². The van der Waals surface area contributed by atoms with Crippen molar-refractivity contribution in [2.24, 2.45) is 0 Å². The summed E-state index contributed by atoms with van der Waals surface area (Å²) in [5, 5.41) is 17.7. The molecule has 0 atom stereocenters. The van der Waals surface area contributed by atoms with Gasteiger partial charge in [0.15, 0.2) is 6.61 Å². The highest BCUT2D eigenvalue weighted by atomic mass is 32.1. The van der Waals surface area contributed by atoms with Crippen LogP contribution in [0.25, 0.3) is 0 Å². The van der Waals surface area contributed by atoms with E-state index in [1.54, 1.807) is 19.1 Å². The van der Waals surface area contributed by atoms with E-state index in [1.807, 2.05) is 31.2 Å². The fourth-order valence-corrected chi connectivity index (χ4v) is 2.71. The van der Waals surface area contributed by atoms with Crippen LogP contribution < -0.4 is 10.1 Å². The van der Waals surface area contributed by atoms with Crippen molar-refractivity contribution in [2.75, 3.05) is 5.32 Å². The molecule has 1 amide bonds. The van der Waals surface area contributed by atoms with Crippen LogP contribution in [0.2, 0.25) is 0 Å². The smallest absolute Gasteiger partial charge is 0.287 e. The van der Waals surface area contributed by atoms with Gasteiger partial charge in [0.1, 0.15) is 12.3 Å². The summed E-state index contributed by atoms with van der Waals surface area (Å²) in [5.74, 6) is 0.442. The summed E-state index contributed by atoms with van der Waals surface area (Å²) in [6, 6.07) is 12.0. The first-order valence-electron chi connectivity index (χ1n) is 8.63. The molecule has 10 heteroatoms. The number of hydrogen-bond acceptors (Lipinski definition) is 7. The number of nitrogens with one attached hydrogen (secondary N) is 1. The Morgan fingerprint density at radius 1 is 1.28 bits per heavy atom. The minimum Gasteiger partial charge on any atom is -0.484 e. The van der Waals surface area contributed by atoms with Crippen molar-refractivity contribution in [1.82, 2.24) is 9.78 Å². The van der Waals surface area contributed by atoms with Gasteiger partial charge in [0.25, 0.3) is 16.4 Å². The van der Waals surface area contributed by atoms with Crippen molar-refractivity contribution in [3.05, 3.63) is 74.4 Å². The topological polar surface area (TPSA) is 112 Å². The molecule has 0 bridgehead atoms. The summed E-state index contributed by atoms with van der Waals surface area (Å²) in [4.78, 5) is 22.8. The number of hydrogen-bond donors (Lipinski definition) is 1. The predicted molar refractivity (Wildman–Crippen MR) is 107 cm³/mol. The van der Waals surface area contributed by atoms with E-state index in [0.717, 1.165) is 5.56 Å². The monoisotopic (exact) mass is 414 g/mol. The molecule has 3 rings (SSSR count). The first-order valence-corrected chi connectivity index (χ1v) is 9.04. The highest BCUT2D eigenvalue weighted by Gasteiger charge is 2.14. The van der Waals surface area contributed by atoms with Gasteiger partial charge >= 0.3 is 0 Å². The van der Waals surface area contributed by atoms with E-state index >= 15 is 0 Å². The fraction of sp³-hybridized carbons (Fsp3) is 0.211. The summed E-state index contributed by atoms with van der Waals surface area (Å²) in [6.07, 6.45) is 0. The average molecular weight is 414 g/mol. The highest BCUT2D eigenvalue weighted by Crippen LogP contribution is 2.22. The van der Waals surface area contributed by atoms with Gasteiger partial charge in [-0.2, -0.15) is 0 Å². The molecule has 1 heterocycles. The lowest BCUT2D eigenvalue weighted by molar-refractivity contribution is -0.385. The molecule has 0 saturated heterocycles. The third kappa shape index (κ3) is 5.26. The van der Waals surface area contributed by atoms with E-state index in [0.29, 0.717) is 17.0 Å². The second-order valence-electron chi connectivity index (χ2n) is 6.33. The Bertz CT molecular complexity index is 1100. The zero-order valence-corrected chi connectivity index (χ0v) is 16.6. The maximum atomic E-state index is 12.3. The van der Waals surface area contributed by atoms with Gasteiger partial charge in [-0.25, -0.2) is 4.68 Å². The standard InChI is InChI=1S/C19H18N4O5S/c1-12-3-7-15(8-4-12)27-11-18-21-22(19(29)28-18)10-17(24)20-14-6-5-13(2)16(9-14)23(25)26/h3-9H,10-11H2,1-2H3,(H,20,24). The van der Waals surface area contributed by atoms with Crippen LogP contribution in [-0.2, 0) is 17.9 Å². The van der Waals surface area contributed by atoms with E-state index in [1.165, 1.54) is 10.7 Å². The molecule has 0 unspecified atom stereocenters. The summed E-state index contributed by atoms with van der Waals surface area (Å²) in [6.45, 7) is 3.46. The van der Waals surface area contributed by atoms with E-state index in [-0.39, 0.29) is 29.6 Å². The van der Waals surface area contributed by atoms with Gasteiger partial charge in [-0.05, 0) is 44.3 Å². The van der Waals surface area contributed by atoms with Crippen LogP contribution in [0, 0.1) is 28.8 Å². The molecule has 9 nitrogen and oxygen atoms in total. The van der Waals surface area contributed by atoms with Crippen molar-refractivity contribution in [3.63, 3.8) is 0 Å². The Morgan fingerprint density at radius 3 is 2.69 bits per heavy atom. The molecule has 2 aromatic carbocycles. The van der Waals surface area contributed by atoms with Crippen LogP contribution in [0.4, 0.5) is 11.4 Å². The molecule has 150 valence electrons. The van der Waals surface area contributed by atoms with Crippen molar-refractivity contribution >= 4 is 29.5 Å². The molecule has 1 N–H and O–H groups in total. The molecule has 0 aliphatic rings. The van der Waals surface area contributed by atoms with Crippen LogP contribution in [-0.4, -0.2) is 20.6 Å². The van der Waals surface area contributed by atoms with Gasteiger partial charge in [0.2, 0.25) is 5.91 Å². The Hall–Kier alpha value is -3.53. The SMILES string of the molecule is Cc1ccc(OCc2nn(CC(=O)Nc3ccc(C)c([N+](=O)[O-])c3)c(=S)o2)cc1. The van der Waals surface area contributed by atoms with Crippen molar-refractivity contribution < 1.29 is 18.9 Å². The number of rotatable bonds is 7. The lowest BCUT2D eigenvalue weighted by atomic mass is 10.2. The number of carbonyl (C=O) groups excluding carboxylic acids is 1. The molecule has 0 aliphatic carbocycles. The van der Waals surface area contributed by atoms with Crippen LogP contribution in [0.15, 0.2) is 46.9 Å². The summed E-state index contributed by atoms with van der Waals surface area (Å²) >= 11 is 5.08. The van der Waals surface area contributed by atoms with Gasteiger partial charge in [-0.1, -0.05) is 23.8 Å². The summed E-state index contributed by atoms with van der Waals surface area (Å²) < 4.78 is 12.2. The quantitative estimate of drug-likeness (QED) is 0.354. The van der Waals surface area contributed by atoms with Gasteiger partial charge in [0, 0.05) is 17.3 Å². The lowest BCUT2D eigenvalue weighted by Crippen LogP contribution is -2.20. The normalized spacial score (nSPS) is 10.6. The number of nitrogens with zero attached hydrogens (tertiary/aromatic N) is 3. The lowest BCUT2D eigenvalue weighted by Gasteiger charge is -2.06. The summed E-state index contributed by atoms with van der Waals surface area (Å²) in [5.41, 5.74) is 1.86. The number of amides is 1. The number of carbonyl (C=O) groups is 1. The largest absolute Gasteiger partial charge is 0.484 e. The van der Waals surface area contributed by atoms with Crippen LogP contribution >= 0.6 is 12.2 Å². The number of aryl methyl sites for hydroxylation is 2. The fourth-order valence-electron chi connectivity index (χ4n) is 2.51. The van der Waals surface area contributed by atoms with E-state index in [4.69, 9.17) is 21.4 Å². The van der Waals surface area contributed by atoms with Gasteiger partial charge in [-0.15, -0.1) is 5.10 Å². The number of ether oxygens (including phenoxy) is 1. The van der Waals surface area contributed by atoms with Gasteiger partial charge in [0.05, 0.1) is 4.92 Å². The zero-order valence-electron chi connectivity index (χ0n) is 15.7. The average Bonchev–Trinajstić information content (AvgIpc) is 3.02. The number of aromatic nitrogens is 2. The van der Waals surface area contributed by atoms with Crippen LogP contribution in [0.1, 0.15) is 17.0 Å². The number of nitro benzene ring substituents is 1. The second kappa shape index (κ2) is 8.65. The Labute approximate surface area is 171 Å². The Balaban J connectivity index is 1.62. The molecule has 0 aliphatic heterocycles. The maximum Gasteiger partial charge on any atom is 0.287 e. The summed E-state index contributed by atoms with van der Waals surface area (Å²) in [7, 11) is 0. The van der Waals surface area contributed by atoms with Crippen LogP contribution in [0.5, 0.6) is 5.75 Å². The van der Waals surface area contributed by atoms with Crippen molar-refractivity contribution in [2.45, 2.75) is 27.0 Å². The molecule has 1 aromatic heterocycles. The van der Waals surface area contributed by atoms with Gasteiger partial charge < -0.3 is 14.5 Å². The number of nitro groups is 1.